The highest BCUT2D eigenvalue weighted by atomic mass is 127. The van der Waals surface area contributed by atoms with Crippen LogP contribution in [0.1, 0.15) is 30.1 Å². The molecule has 3 heterocycles. The average Bonchev–Trinajstić information content (AvgIpc) is 3.52. The molecule has 4 rings (SSSR count). The summed E-state index contributed by atoms with van der Waals surface area (Å²) in [6.07, 6.45) is 4.18. The van der Waals surface area contributed by atoms with Crippen LogP contribution in [0.25, 0.3) is 0 Å². The summed E-state index contributed by atoms with van der Waals surface area (Å²) in [6, 6.07) is 10.8. The Balaban J connectivity index is 0.00000289. The Hall–Kier alpha value is -1.85. The summed E-state index contributed by atoms with van der Waals surface area (Å²) in [5.74, 6) is 1.88. The van der Waals surface area contributed by atoms with Gasteiger partial charge in [0.2, 0.25) is 0 Å². The molecule has 1 N–H and O–H groups in total. The van der Waals surface area contributed by atoms with Crippen LogP contribution in [0.3, 0.4) is 0 Å². The molecule has 0 spiro atoms. The van der Waals surface area contributed by atoms with Gasteiger partial charge in [0, 0.05) is 52.4 Å². The number of nitrogens with one attached hydrogen (secondary N) is 1. The van der Waals surface area contributed by atoms with Crippen molar-refractivity contribution >= 4 is 29.9 Å². The summed E-state index contributed by atoms with van der Waals surface area (Å²) >= 11 is 0. The molecule has 2 fully saturated rings. The SMILES string of the molecule is CN=C(NCC(c1ccc(OC)cc1)N1CCCC1)N1CCN(Cc2ccon2)CC1.I. The van der Waals surface area contributed by atoms with E-state index in [4.69, 9.17) is 9.26 Å². The minimum absolute atomic E-state index is 0. The lowest BCUT2D eigenvalue weighted by Crippen LogP contribution is -2.53. The highest BCUT2D eigenvalue weighted by Crippen LogP contribution is 2.26. The van der Waals surface area contributed by atoms with Gasteiger partial charge in [-0.15, -0.1) is 24.0 Å². The Morgan fingerprint density at radius 3 is 2.41 bits per heavy atom. The Morgan fingerprint density at radius 1 is 1.09 bits per heavy atom. The van der Waals surface area contributed by atoms with Gasteiger partial charge in [-0.25, -0.2) is 0 Å². The Bertz CT molecular complexity index is 816. The highest BCUT2D eigenvalue weighted by molar-refractivity contribution is 14.0. The van der Waals surface area contributed by atoms with E-state index in [1.54, 1.807) is 13.4 Å². The number of guanidine groups is 1. The van der Waals surface area contributed by atoms with E-state index >= 15 is 0 Å². The quantitative estimate of drug-likeness (QED) is 0.321. The van der Waals surface area contributed by atoms with E-state index in [1.165, 1.54) is 18.4 Å². The third kappa shape index (κ3) is 6.35. The minimum Gasteiger partial charge on any atom is -0.497 e. The van der Waals surface area contributed by atoms with Crippen LogP contribution in [0, 0.1) is 0 Å². The number of ether oxygens (including phenoxy) is 1. The summed E-state index contributed by atoms with van der Waals surface area (Å²) in [6.45, 7) is 7.87. The van der Waals surface area contributed by atoms with Crippen molar-refractivity contribution < 1.29 is 9.26 Å². The Labute approximate surface area is 208 Å². The van der Waals surface area contributed by atoms with Gasteiger partial charge in [-0.2, -0.15) is 0 Å². The summed E-state index contributed by atoms with van der Waals surface area (Å²) in [4.78, 5) is 11.9. The van der Waals surface area contributed by atoms with Crippen molar-refractivity contribution in [1.82, 2.24) is 25.2 Å². The third-order valence-electron chi connectivity index (χ3n) is 6.30. The van der Waals surface area contributed by atoms with Crippen molar-refractivity contribution in [2.75, 3.05) is 60.0 Å². The molecule has 2 saturated heterocycles. The fraction of sp³-hybridized carbons (Fsp3) is 0.565. The normalized spacial score (nSPS) is 18.9. The number of nitrogens with zero attached hydrogens (tertiary/aromatic N) is 5. The van der Waals surface area contributed by atoms with Gasteiger partial charge in [-0.1, -0.05) is 17.3 Å². The predicted octanol–water partition coefficient (Wildman–Crippen LogP) is 2.83. The van der Waals surface area contributed by atoms with E-state index in [0.29, 0.717) is 6.04 Å². The smallest absolute Gasteiger partial charge is 0.193 e. The molecule has 0 radical (unpaired) electrons. The van der Waals surface area contributed by atoms with E-state index in [0.717, 1.165) is 69.8 Å². The molecular formula is C23H35IN6O2. The number of hydrogen-bond acceptors (Lipinski definition) is 6. The zero-order chi connectivity index (χ0) is 21.5. The maximum absolute atomic E-state index is 5.34. The zero-order valence-corrected chi connectivity index (χ0v) is 21.4. The van der Waals surface area contributed by atoms with Crippen LogP contribution in [-0.4, -0.2) is 85.8 Å². The van der Waals surface area contributed by atoms with Crippen LogP contribution < -0.4 is 10.1 Å². The van der Waals surface area contributed by atoms with Gasteiger partial charge in [-0.3, -0.25) is 14.8 Å². The molecule has 1 aromatic carbocycles. The molecule has 32 heavy (non-hydrogen) atoms. The van der Waals surface area contributed by atoms with Crippen molar-refractivity contribution in [3.63, 3.8) is 0 Å². The second-order valence-corrected chi connectivity index (χ2v) is 8.21. The lowest BCUT2D eigenvalue weighted by molar-refractivity contribution is 0.167. The fourth-order valence-electron chi connectivity index (χ4n) is 4.52. The number of aromatic nitrogens is 1. The molecule has 1 aromatic heterocycles. The third-order valence-corrected chi connectivity index (χ3v) is 6.30. The average molecular weight is 554 g/mol. The number of rotatable bonds is 7. The van der Waals surface area contributed by atoms with Gasteiger partial charge < -0.3 is 19.5 Å². The van der Waals surface area contributed by atoms with Crippen molar-refractivity contribution in [3.8, 4) is 5.75 Å². The maximum Gasteiger partial charge on any atom is 0.193 e. The minimum atomic E-state index is 0. The molecule has 0 aliphatic carbocycles. The molecular weight excluding hydrogens is 519 g/mol. The van der Waals surface area contributed by atoms with E-state index in [9.17, 15) is 0 Å². The molecule has 0 saturated carbocycles. The number of methoxy groups -OCH3 is 1. The molecule has 2 aliphatic rings. The Kier molecular flexibility index (Phi) is 9.61. The maximum atomic E-state index is 5.34. The lowest BCUT2D eigenvalue weighted by Gasteiger charge is -2.37. The summed E-state index contributed by atoms with van der Waals surface area (Å²) in [5.41, 5.74) is 2.31. The first-order chi connectivity index (χ1) is 15.3. The molecule has 176 valence electrons. The first-order valence-electron chi connectivity index (χ1n) is 11.2. The van der Waals surface area contributed by atoms with E-state index in [1.807, 2.05) is 13.1 Å². The molecule has 9 heteroatoms. The molecule has 0 bridgehead atoms. The second kappa shape index (κ2) is 12.4. The molecule has 1 atom stereocenters. The first-order valence-corrected chi connectivity index (χ1v) is 11.2. The van der Waals surface area contributed by atoms with E-state index < -0.39 is 0 Å². The van der Waals surface area contributed by atoms with Crippen molar-refractivity contribution in [3.05, 3.63) is 47.9 Å². The predicted molar refractivity (Wildman–Crippen MR) is 137 cm³/mol. The summed E-state index contributed by atoms with van der Waals surface area (Å²) in [7, 11) is 3.59. The molecule has 1 unspecified atom stereocenters. The standard InChI is InChI=1S/C23H34N6O2.HI/c1-24-23(29-14-12-27(13-15-29)18-20-9-16-31-26-20)25-17-22(28-10-3-4-11-28)19-5-7-21(30-2)8-6-19;/h5-9,16,22H,3-4,10-15,17-18H2,1-2H3,(H,24,25);1H. The van der Waals surface area contributed by atoms with Crippen molar-refractivity contribution in [2.45, 2.75) is 25.4 Å². The highest BCUT2D eigenvalue weighted by Gasteiger charge is 2.25. The number of aliphatic imine (C=N–C) groups is 1. The zero-order valence-electron chi connectivity index (χ0n) is 19.1. The van der Waals surface area contributed by atoms with Crippen LogP contribution in [-0.2, 0) is 6.54 Å². The van der Waals surface area contributed by atoms with E-state index in [-0.39, 0.29) is 24.0 Å². The summed E-state index contributed by atoms with van der Waals surface area (Å²) in [5, 5.41) is 7.69. The Morgan fingerprint density at radius 2 is 1.81 bits per heavy atom. The van der Waals surface area contributed by atoms with Gasteiger partial charge in [0.25, 0.3) is 0 Å². The molecule has 8 nitrogen and oxygen atoms in total. The van der Waals surface area contributed by atoms with Gasteiger partial charge in [0.05, 0.1) is 18.8 Å². The first kappa shape index (κ1) is 24.8. The number of likely N-dealkylation sites (tertiary alicyclic amines) is 1. The second-order valence-electron chi connectivity index (χ2n) is 8.21. The van der Waals surface area contributed by atoms with Crippen LogP contribution in [0.2, 0.25) is 0 Å². The number of halogens is 1. The monoisotopic (exact) mass is 554 g/mol. The summed E-state index contributed by atoms with van der Waals surface area (Å²) < 4.78 is 10.3. The van der Waals surface area contributed by atoms with Gasteiger partial charge >= 0.3 is 0 Å². The fourth-order valence-corrected chi connectivity index (χ4v) is 4.52. The van der Waals surface area contributed by atoms with Gasteiger partial charge in [-0.05, 0) is 43.6 Å². The molecule has 2 aromatic rings. The molecule has 2 aliphatic heterocycles. The molecule has 0 amide bonds. The number of benzene rings is 1. The van der Waals surface area contributed by atoms with Crippen LogP contribution >= 0.6 is 24.0 Å². The largest absolute Gasteiger partial charge is 0.497 e. The van der Waals surface area contributed by atoms with E-state index in [2.05, 4.69) is 54.4 Å². The number of hydrogen-bond donors (Lipinski definition) is 1. The van der Waals surface area contributed by atoms with Crippen molar-refractivity contribution in [1.29, 1.82) is 0 Å². The van der Waals surface area contributed by atoms with Gasteiger partial charge in [0.1, 0.15) is 12.0 Å². The van der Waals surface area contributed by atoms with Crippen LogP contribution in [0.5, 0.6) is 5.75 Å². The topological polar surface area (TPSA) is 69.4 Å². The van der Waals surface area contributed by atoms with Crippen LogP contribution in [0.15, 0.2) is 46.1 Å². The van der Waals surface area contributed by atoms with Crippen LogP contribution in [0.4, 0.5) is 0 Å². The number of piperazine rings is 1. The van der Waals surface area contributed by atoms with Gasteiger partial charge in [0.15, 0.2) is 5.96 Å². The van der Waals surface area contributed by atoms with Crippen molar-refractivity contribution in [2.24, 2.45) is 4.99 Å². The lowest BCUT2D eigenvalue weighted by atomic mass is 10.1.